The molecule has 0 atom stereocenters. The Bertz CT molecular complexity index is 895. The quantitative estimate of drug-likeness (QED) is 0.646. The highest BCUT2D eigenvalue weighted by molar-refractivity contribution is 7.17. The van der Waals surface area contributed by atoms with Crippen molar-refractivity contribution in [3.8, 4) is 17.5 Å². The minimum Gasteiger partial charge on any atom is -0.231 e. The van der Waals surface area contributed by atoms with Crippen molar-refractivity contribution >= 4 is 21.6 Å². The van der Waals surface area contributed by atoms with Crippen LogP contribution in [0, 0.1) is 18.3 Å². The van der Waals surface area contributed by atoms with E-state index in [2.05, 4.69) is 39.1 Å². The SMILES string of the molecule is Cc1csc2c(C(C)(C)C)nc(-c3cccc(C#N)c3)nc12. The fourth-order valence-corrected chi connectivity index (χ4v) is 3.59. The highest BCUT2D eigenvalue weighted by Crippen LogP contribution is 2.35. The maximum atomic E-state index is 9.09. The molecule has 22 heavy (non-hydrogen) atoms. The summed E-state index contributed by atoms with van der Waals surface area (Å²) in [6, 6.07) is 9.64. The maximum absolute atomic E-state index is 9.09. The van der Waals surface area contributed by atoms with E-state index >= 15 is 0 Å². The van der Waals surface area contributed by atoms with E-state index in [1.165, 1.54) is 5.56 Å². The van der Waals surface area contributed by atoms with E-state index in [0.29, 0.717) is 11.4 Å². The second kappa shape index (κ2) is 5.19. The van der Waals surface area contributed by atoms with Gasteiger partial charge >= 0.3 is 0 Å². The number of aryl methyl sites for hydroxylation is 1. The summed E-state index contributed by atoms with van der Waals surface area (Å²) in [5.41, 5.74) is 4.71. The van der Waals surface area contributed by atoms with Crippen LogP contribution in [0.3, 0.4) is 0 Å². The Morgan fingerprint density at radius 3 is 2.64 bits per heavy atom. The standard InChI is InChI=1S/C18H17N3S/c1-11-10-22-15-14(11)20-17(21-16(15)18(2,3)4)13-7-5-6-12(8-13)9-19/h5-8,10H,1-4H3. The minimum atomic E-state index is -0.0555. The van der Waals surface area contributed by atoms with Gasteiger partial charge in [0.2, 0.25) is 0 Å². The molecule has 2 aromatic heterocycles. The fourth-order valence-electron chi connectivity index (χ4n) is 2.40. The largest absolute Gasteiger partial charge is 0.231 e. The highest BCUT2D eigenvalue weighted by atomic mass is 32.1. The molecule has 0 saturated carbocycles. The van der Waals surface area contributed by atoms with Crippen molar-refractivity contribution in [2.24, 2.45) is 0 Å². The van der Waals surface area contributed by atoms with Crippen LogP contribution in [-0.4, -0.2) is 9.97 Å². The van der Waals surface area contributed by atoms with E-state index in [4.69, 9.17) is 15.2 Å². The van der Waals surface area contributed by atoms with Gasteiger partial charge < -0.3 is 0 Å². The van der Waals surface area contributed by atoms with Crippen LogP contribution in [0.25, 0.3) is 21.6 Å². The van der Waals surface area contributed by atoms with E-state index in [-0.39, 0.29) is 5.41 Å². The zero-order chi connectivity index (χ0) is 15.9. The summed E-state index contributed by atoms with van der Waals surface area (Å²) in [6.07, 6.45) is 0. The lowest BCUT2D eigenvalue weighted by Gasteiger charge is -2.19. The lowest BCUT2D eigenvalue weighted by atomic mass is 9.91. The number of nitrogens with zero attached hydrogens (tertiary/aromatic N) is 3. The van der Waals surface area contributed by atoms with Gasteiger partial charge in [-0.15, -0.1) is 11.3 Å². The Balaban J connectivity index is 2.31. The van der Waals surface area contributed by atoms with Crippen LogP contribution in [0.5, 0.6) is 0 Å². The van der Waals surface area contributed by atoms with E-state index < -0.39 is 0 Å². The van der Waals surface area contributed by atoms with Crippen molar-refractivity contribution in [3.63, 3.8) is 0 Å². The Labute approximate surface area is 134 Å². The molecule has 0 N–H and O–H groups in total. The zero-order valence-electron chi connectivity index (χ0n) is 13.1. The van der Waals surface area contributed by atoms with Crippen LogP contribution >= 0.6 is 11.3 Å². The third-order valence-electron chi connectivity index (χ3n) is 3.55. The van der Waals surface area contributed by atoms with Crippen LogP contribution in [0.4, 0.5) is 0 Å². The number of nitriles is 1. The molecule has 0 saturated heterocycles. The molecular weight excluding hydrogens is 290 g/mol. The predicted octanol–water partition coefficient (Wildman–Crippen LogP) is 4.84. The Kier molecular flexibility index (Phi) is 3.46. The predicted molar refractivity (Wildman–Crippen MR) is 91.0 cm³/mol. The van der Waals surface area contributed by atoms with Crippen molar-refractivity contribution in [2.75, 3.05) is 0 Å². The second-order valence-corrected chi connectivity index (χ2v) is 7.31. The Hall–Kier alpha value is -2.25. The van der Waals surface area contributed by atoms with E-state index in [9.17, 15) is 0 Å². The maximum Gasteiger partial charge on any atom is 0.160 e. The summed E-state index contributed by atoms with van der Waals surface area (Å²) in [4.78, 5) is 9.57. The number of aromatic nitrogens is 2. The molecule has 3 nitrogen and oxygen atoms in total. The van der Waals surface area contributed by atoms with Gasteiger partial charge in [-0.2, -0.15) is 5.26 Å². The van der Waals surface area contributed by atoms with Crippen molar-refractivity contribution < 1.29 is 0 Å². The van der Waals surface area contributed by atoms with E-state index in [0.717, 1.165) is 21.5 Å². The monoisotopic (exact) mass is 307 g/mol. The second-order valence-electron chi connectivity index (χ2n) is 6.43. The van der Waals surface area contributed by atoms with Gasteiger partial charge in [0.05, 0.1) is 27.5 Å². The van der Waals surface area contributed by atoms with E-state index in [1.54, 1.807) is 17.4 Å². The van der Waals surface area contributed by atoms with Crippen LogP contribution in [0.2, 0.25) is 0 Å². The molecule has 110 valence electrons. The van der Waals surface area contributed by atoms with Crippen LogP contribution in [0.1, 0.15) is 37.6 Å². The summed E-state index contributed by atoms with van der Waals surface area (Å²) in [5, 5.41) is 11.2. The van der Waals surface area contributed by atoms with E-state index in [1.807, 2.05) is 18.2 Å². The van der Waals surface area contributed by atoms with Gasteiger partial charge in [-0.05, 0) is 30.0 Å². The van der Waals surface area contributed by atoms with Gasteiger partial charge in [-0.3, -0.25) is 0 Å². The first-order valence-electron chi connectivity index (χ1n) is 7.17. The molecule has 1 aromatic carbocycles. The molecule has 0 amide bonds. The first kappa shape index (κ1) is 14.7. The van der Waals surface area contributed by atoms with Crippen molar-refractivity contribution in [2.45, 2.75) is 33.1 Å². The van der Waals surface area contributed by atoms with Gasteiger partial charge in [0.25, 0.3) is 0 Å². The van der Waals surface area contributed by atoms with Crippen molar-refractivity contribution in [1.82, 2.24) is 9.97 Å². The first-order chi connectivity index (χ1) is 10.4. The normalized spacial score (nSPS) is 11.6. The molecule has 0 aliphatic rings. The molecule has 0 aliphatic carbocycles. The average molecular weight is 307 g/mol. The lowest BCUT2D eigenvalue weighted by Crippen LogP contribution is -2.15. The fraction of sp³-hybridized carbons (Fsp3) is 0.278. The molecule has 0 unspecified atom stereocenters. The average Bonchev–Trinajstić information content (AvgIpc) is 2.87. The van der Waals surface area contributed by atoms with Crippen LogP contribution < -0.4 is 0 Å². The Morgan fingerprint density at radius 1 is 1.18 bits per heavy atom. The molecule has 4 heteroatoms. The third kappa shape index (κ3) is 2.49. The van der Waals surface area contributed by atoms with Gasteiger partial charge in [-0.25, -0.2) is 9.97 Å². The molecule has 0 fully saturated rings. The number of hydrogen-bond acceptors (Lipinski definition) is 4. The van der Waals surface area contributed by atoms with Crippen molar-refractivity contribution in [1.29, 1.82) is 5.26 Å². The van der Waals surface area contributed by atoms with Crippen LogP contribution in [0.15, 0.2) is 29.6 Å². The minimum absolute atomic E-state index is 0.0555. The molecule has 0 aliphatic heterocycles. The first-order valence-corrected chi connectivity index (χ1v) is 8.05. The lowest BCUT2D eigenvalue weighted by molar-refractivity contribution is 0.576. The number of rotatable bonds is 1. The number of fused-ring (bicyclic) bond motifs is 1. The molecule has 0 spiro atoms. The zero-order valence-corrected chi connectivity index (χ0v) is 14.0. The smallest absolute Gasteiger partial charge is 0.160 e. The van der Waals surface area contributed by atoms with Gasteiger partial charge in [0, 0.05) is 11.0 Å². The van der Waals surface area contributed by atoms with Crippen molar-refractivity contribution in [3.05, 3.63) is 46.5 Å². The molecule has 3 rings (SSSR count). The van der Waals surface area contributed by atoms with Gasteiger partial charge in [-0.1, -0.05) is 32.9 Å². The topological polar surface area (TPSA) is 49.6 Å². The number of thiophene rings is 1. The van der Waals surface area contributed by atoms with Gasteiger partial charge in [0.15, 0.2) is 5.82 Å². The summed E-state index contributed by atoms with van der Waals surface area (Å²) in [7, 11) is 0. The summed E-state index contributed by atoms with van der Waals surface area (Å²) < 4.78 is 1.16. The summed E-state index contributed by atoms with van der Waals surface area (Å²) >= 11 is 1.70. The molecule has 3 aromatic rings. The molecule has 2 heterocycles. The number of benzene rings is 1. The Morgan fingerprint density at radius 2 is 1.95 bits per heavy atom. The molecule has 0 radical (unpaired) electrons. The summed E-state index contributed by atoms with van der Waals surface area (Å²) in [5.74, 6) is 0.691. The summed E-state index contributed by atoms with van der Waals surface area (Å²) in [6.45, 7) is 8.58. The van der Waals surface area contributed by atoms with Gasteiger partial charge in [0.1, 0.15) is 0 Å². The molecule has 0 bridgehead atoms. The molecular formula is C18H17N3S. The number of hydrogen-bond donors (Lipinski definition) is 0. The highest BCUT2D eigenvalue weighted by Gasteiger charge is 2.22. The van der Waals surface area contributed by atoms with Crippen LogP contribution in [-0.2, 0) is 5.41 Å². The third-order valence-corrected chi connectivity index (χ3v) is 4.65.